The standard InChI is InChI=1S/C10H13N5OS.ClH/c1-15-5-7(4-12-15)13-10(16)8-6-17-9(14-8)2-3-11;/h4-6H,2-3,11H2,1H3,(H,13,16);1H. The maximum absolute atomic E-state index is 11.8. The molecular weight excluding hydrogens is 274 g/mol. The summed E-state index contributed by atoms with van der Waals surface area (Å²) in [4.78, 5) is 16.0. The van der Waals surface area contributed by atoms with E-state index in [4.69, 9.17) is 5.73 Å². The number of nitrogens with one attached hydrogen (secondary N) is 1. The molecule has 2 heterocycles. The van der Waals surface area contributed by atoms with Crippen molar-refractivity contribution in [1.82, 2.24) is 14.8 Å². The number of nitrogens with two attached hydrogens (primary N) is 1. The number of aryl methyl sites for hydroxylation is 1. The molecule has 0 spiro atoms. The van der Waals surface area contributed by atoms with E-state index in [-0.39, 0.29) is 18.3 Å². The first kappa shape index (κ1) is 14.6. The molecule has 0 saturated carbocycles. The molecule has 1 amide bonds. The van der Waals surface area contributed by atoms with Crippen LogP contribution in [0, 0.1) is 0 Å². The van der Waals surface area contributed by atoms with Gasteiger partial charge in [0.1, 0.15) is 5.69 Å². The lowest BCUT2D eigenvalue weighted by Crippen LogP contribution is -2.12. The predicted molar refractivity (Wildman–Crippen MR) is 73.3 cm³/mol. The van der Waals surface area contributed by atoms with Crippen molar-refractivity contribution in [2.24, 2.45) is 12.8 Å². The molecule has 6 nitrogen and oxygen atoms in total. The fourth-order valence-corrected chi connectivity index (χ4v) is 2.13. The number of hydrogen-bond acceptors (Lipinski definition) is 5. The SMILES string of the molecule is Cl.Cn1cc(NC(=O)c2csc(CCN)n2)cn1. The average molecular weight is 288 g/mol. The van der Waals surface area contributed by atoms with Crippen LogP contribution in [0.2, 0.25) is 0 Å². The van der Waals surface area contributed by atoms with Crippen molar-refractivity contribution in [2.75, 3.05) is 11.9 Å². The van der Waals surface area contributed by atoms with Crippen LogP contribution >= 0.6 is 23.7 Å². The first-order valence-electron chi connectivity index (χ1n) is 5.13. The number of carbonyl (C=O) groups is 1. The molecule has 0 aliphatic carbocycles. The van der Waals surface area contributed by atoms with Gasteiger partial charge in [0, 0.05) is 25.0 Å². The van der Waals surface area contributed by atoms with E-state index < -0.39 is 0 Å². The van der Waals surface area contributed by atoms with Crippen molar-refractivity contribution < 1.29 is 4.79 Å². The summed E-state index contributed by atoms with van der Waals surface area (Å²) in [7, 11) is 1.79. The molecule has 0 fully saturated rings. The Morgan fingerprint density at radius 1 is 1.61 bits per heavy atom. The normalized spacial score (nSPS) is 9.89. The number of carbonyl (C=O) groups excluding carboxylic acids is 1. The number of rotatable bonds is 4. The third kappa shape index (κ3) is 3.52. The largest absolute Gasteiger partial charge is 0.330 e. The van der Waals surface area contributed by atoms with Crippen LogP contribution in [0.25, 0.3) is 0 Å². The molecule has 18 heavy (non-hydrogen) atoms. The van der Waals surface area contributed by atoms with Crippen LogP contribution in [-0.2, 0) is 13.5 Å². The minimum Gasteiger partial charge on any atom is -0.330 e. The lowest BCUT2D eigenvalue weighted by Gasteiger charge is -1.97. The van der Waals surface area contributed by atoms with E-state index in [0.29, 0.717) is 24.3 Å². The van der Waals surface area contributed by atoms with E-state index in [9.17, 15) is 4.79 Å². The smallest absolute Gasteiger partial charge is 0.275 e. The molecule has 0 radical (unpaired) electrons. The molecule has 0 aromatic carbocycles. The second kappa shape index (κ2) is 6.48. The molecule has 2 aromatic rings. The highest BCUT2D eigenvalue weighted by atomic mass is 35.5. The molecule has 2 rings (SSSR count). The van der Waals surface area contributed by atoms with E-state index >= 15 is 0 Å². The summed E-state index contributed by atoms with van der Waals surface area (Å²) in [5, 5.41) is 9.30. The van der Waals surface area contributed by atoms with Crippen LogP contribution in [0.5, 0.6) is 0 Å². The monoisotopic (exact) mass is 287 g/mol. The van der Waals surface area contributed by atoms with Gasteiger partial charge in [-0.2, -0.15) is 5.10 Å². The first-order chi connectivity index (χ1) is 8.19. The number of aromatic nitrogens is 3. The van der Waals surface area contributed by atoms with Gasteiger partial charge in [-0.1, -0.05) is 0 Å². The molecule has 8 heteroatoms. The number of thiazole rings is 1. The third-order valence-corrected chi connectivity index (χ3v) is 3.01. The van der Waals surface area contributed by atoms with E-state index in [1.165, 1.54) is 11.3 Å². The summed E-state index contributed by atoms with van der Waals surface area (Å²) in [5.41, 5.74) is 6.50. The minimum atomic E-state index is -0.225. The van der Waals surface area contributed by atoms with Gasteiger partial charge in [0.2, 0.25) is 0 Å². The van der Waals surface area contributed by atoms with Gasteiger partial charge in [0.15, 0.2) is 0 Å². The van der Waals surface area contributed by atoms with Gasteiger partial charge >= 0.3 is 0 Å². The number of halogens is 1. The lowest BCUT2D eigenvalue weighted by atomic mass is 10.4. The highest BCUT2D eigenvalue weighted by Gasteiger charge is 2.11. The molecule has 0 aliphatic heterocycles. The Hall–Kier alpha value is -1.44. The fraction of sp³-hybridized carbons (Fsp3) is 0.300. The fourth-order valence-electron chi connectivity index (χ4n) is 1.33. The molecule has 98 valence electrons. The zero-order chi connectivity index (χ0) is 12.3. The van der Waals surface area contributed by atoms with Crippen LogP contribution < -0.4 is 11.1 Å². The average Bonchev–Trinajstić information content (AvgIpc) is 2.88. The molecule has 0 bridgehead atoms. The Bertz CT molecular complexity index is 524. The molecule has 0 atom stereocenters. The third-order valence-electron chi connectivity index (χ3n) is 2.11. The zero-order valence-electron chi connectivity index (χ0n) is 9.79. The highest BCUT2D eigenvalue weighted by Crippen LogP contribution is 2.12. The Morgan fingerprint density at radius 2 is 2.39 bits per heavy atom. The Labute approximate surface area is 115 Å². The summed E-state index contributed by atoms with van der Waals surface area (Å²) in [6, 6.07) is 0. The van der Waals surface area contributed by atoms with Crippen LogP contribution in [0.3, 0.4) is 0 Å². The zero-order valence-corrected chi connectivity index (χ0v) is 11.4. The number of anilines is 1. The second-order valence-electron chi connectivity index (χ2n) is 3.52. The van der Waals surface area contributed by atoms with Crippen LogP contribution in [0.4, 0.5) is 5.69 Å². The maximum Gasteiger partial charge on any atom is 0.275 e. The molecule has 2 aromatic heterocycles. The quantitative estimate of drug-likeness (QED) is 0.880. The summed E-state index contributed by atoms with van der Waals surface area (Å²) < 4.78 is 1.62. The second-order valence-corrected chi connectivity index (χ2v) is 4.46. The lowest BCUT2D eigenvalue weighted by molar-refractivity contribution is 0.102. The number of hydrogen-bond donors (Lipinski definition) is 2. The number of amides is 1. The summed E-state index contributed by atoms with van der Waals surface area (Å²) in [6.45, 7) is 0.539. The Morgan fingerprint density at radius 3 is 3.00 bits per heavy atom. The molecule has 0 aliphatic rings. The van der Waals surface area contributed by atoms with E-state index in [1.54, 1.807) is 29.5 Å². The highest BCUT2D eigenvalue weighted by molar-refractivity contribution is 7.09. The van der Waals surface area contributed by atoms with Crippen LogP contribution in [-0.4, -0.2) is 27.2 Å². The first-order valence-corrected chi connectivity index (χ1v) is 6.01. The van der Waals surface area contributed by atoms with Gasteiger partial charge in [-0.05, 0) is 6.54 Å². The van der Waals surface area contributed by atoms with Gasteiger partial charge in [-0.15, -0.1) is 23.7 Å². The molecular formula is C10H14ClN5OS. The predicted octanol–water partition coefficient (Wildman–Crippen LogP) is 1.05. The van der Waals surface area contributed by atoms with Gasteiger partial charge in [-0.3, -0.25) is 9.48 Å². The van der Waals surface area contributed by atoms with E-state index in [0.717, 1.165) is 5.01 Å². The Kier molecular flexibility index (Phi) is 5.26. The molecule has 0 unspecified atom stereocenters. The van der Waals surface area contributed by atoms with Crippen molar-refractivity contribution in [3.05, 3.63) is 28.5 Å². The van der Waals surface area contributed by atoms with Gasteiger partial charge in [0.05, 0.1) is 16.9 Å². The van der Waals surface area contributed by atoms with Crippen LogP contribution in [0.15, 0.2) is 17.8 Å². The van der Waals surface area contributed by atoms with E-state index in [1.807, 2.05) is 0 Å². The van der Waals surface area contributed by atoms with Gasteiger partial charge in [0.25, 0.3) is 5.91 Å². The maximum atomic E-state index is 11.8. The van der Waals surface area contributed by atoms with Crippen molar-refractivity contribution in [2.45, 2.75) is 6.42 Å². The topological polar surface area (TPSA) is 85.8 Å². The molecule has 0 saturated heterocycles. The molecule has 3 N–H and O–H groups in total. The van der Waals surface area contributed by atoms with Crippen molar-refractivity contribution in [3.63, 3.8) is 0 Å². The van der Waals surface area contributed by atoms with Gasteiger partial charge < -0.3 is 11.1 Å². The summed E-state index contributed by atoms with van der Waals surface area (Å²) in [5.74, 6) is -0.225. The van der Waals surface area contributed by atoms with E-state index in [2.05, 4.69) is 15.4 Å². The van der Waals surface area contributed by atoms with Crippen molar-refractivity contribution in [3.8, 4) is 0 Å². The van der Waals surface area contributed by atoms with Gasteiger partial charge in [-0.25, -0.2) is 4.98 Å². The van der Waals surface area contributed by atoms with Crippen molar-refractivity contribution >= 4 is 35.3 Å². The number of nitrogens with zero attached hydrogens (tertiary/aromatic N) is 3. The summed E-state index contributed by atoms with van der Waals surface area (Å²) >= 11 is 1.45. The van der Waals surface area contributed by atoms with Crippen molar-refractivity contribution in [1.29, 1.82) is 0 Å². The van der Waals surface area contributed by atoms with Crippen LogP contribution in [0.1, 0.15) is 15.5 Å². The minimum absolute atomic E-state index is 0. The summed E-state index contributed by atoms with van der Waals surface area (Å²) in [6.07, 6.45) is 4.01. The Balaban J connectivity index is 0.00000162.